The zero-order chi connectivity index (χ0) is 14.8. The van der Waals surface area contributed by atoms with Gasteiger partial charge in [0, 0.05) is 12.3 Å². The second kappa shape index (κ2) is 5.80. The van der Waals surface area contributed by atoms with Crippen molar-refractivity contribution in [1.82, 2.24) is 4.31 Å². The maximum atomic E-state index is 12.5. The van der Waals surface area contributed by atoms with Crippen LogP contribution in [0.2, 0.25) is 0 Å². The van der Waals surface area contributed by atoms with Crippen LogP contribution in [0.25, 0.3) is 0 Å². The van der Waals surface area contributed by atoms with Gasteiger partial charge in [0.2, 0.25) is 0 Å². The smallest absolute Gasteiger partial charge is 0.239 e. The molecule has 0 radical (unpaired) electrons. The summed E-state index contributed by atoms with van der Waals surface area (Å²) in [6.07, 6.45) is 0.631. The van der Waals surface area contributed by atoms with Gasteiger partial charge in [0.25, 0.3) is 15.2 Å². The number of hydrogen-bond acceptors (Lipinski definition) is 5. The number of rotatable bonds is 3. The largest absolute Gasteiger partial charge is 0.266 e. The number of aryl methyl sites for hydroxylation is 1. The summed E-state index contributed by atoms with van der Waals surface area (Å²) in [7, 11) is -3.80. The predicted octanol–water partition coefficient (Wildman–Crippen LogP) is 1.67. The van der Waals surface area contributed by atoms with Crippen LogP contribution in [-0.2, 0) is 10.0 Å². The lowest BCUT2D eigenvalue weighted by Crippen LogP contribution is -2.39. The highest BCUT2D eigenvalue weighted by molar-refractivity contribution is 8.14. The molecule has 1 heterocycles. The van der Waals surface area contributed by atoms with Crippen molar-refractivity contribution >= 4 is 27.0 Å². The van der Waals surface area contributed by atoms with Gasteiger partial charge in [-0.05, 0) is 25.5 Å². The van der Waals surface area contributed by atoms with Crippen molar-refractivity contribution in [3.63, 3.8) is 0 Å². The summed E-state index contributed by atoms with van der Waals surface area (Å²) in [6.45, 7) is 2.06. The molecule has 20 heavy (non-hydrogen) atoms. The Morgan fingerprint density at radius 2 is 2.00 bits per heavy atom. The molecule has 7 nitrogen and oxygen atoms in total. The molecule has 0 N–H and O–H groups in total. The normalized spacial score (nSPS) is 18.2. The minimum Gasteiger partial charge on any atom is -0.239 e. The highest BCUT2D eigenvalue weighted by Crippen LogP contribution is 2.25. The number of thioether (sulfide) groups is 1. The molecular weight excluding hydrogens is 302 g/mol. The van der Waals surface area contributed by atoms with Crippen LogP contribution in [0.15, 0.2) is 34.3 Å². The summed E-state index contributed by atoms with van der Waals surface area (Å²) in [5.74, 6) is 0.618. The summed E-state index contributed by atoms with van der Waals surface area (Å²) >= 11 is 1.08. The predicted molar refractivity (Wildman–Crippen MR) is 76.6 cm³/mol. The Morgan fingerprint density at radius 1 is 1.35 bits per heavy atom. The number of nitro groups is 1. The van der Waals surface area contributed by atoms with Crippen LogP contribution in [0.3, 0.4) is 0 Å². The van der Waals surface area contributed by atoms with Crippen LogP contribution in [0, 0.1) is 17.0 Å². The van der Waals surface area contributed by atoms with Crippen LogP contribution in [0.1, 0.15) is 12.0 Å². The van der Waals surface area contributed by atoms with E-state index in [2.05, 4.69) is 5.10 Å². The SMILES string of the molecule is Cc1ccc(S(=O)(=O)N2CCCSC2=N[N+](=O)[O-])cc1. The van der Waals surface area contributed by atoms with E-state index in [1.807, 2.05) is 6.92 Å². The van der Waals surface area contributed by atoms with E-state index >= 15 is 0 Å². The first-order valence-corrected chi connectivity index (χ1v) is 8.29. The first-order valence-electron chi connectivity index (χ1n) is 5.86. The van der Waals surface area contributed by atoms with Crippen LogP contribution in [0.5, 0.6) is 0 Å². The fraction of sp³-hybridized carbons (Fsp3) is 0.364. The average Bonchev–Trinajstić information content (AvgIpc) is 2.39. The molecule has 0 amide bonds. The number of sulfonamides is 1. The van der Waals surface area contributed by atoms with Crippen LogP contribution in [0.4, 0.5) is 0 Å². The second-order valence-corrected chi connectivity index (χ2v) is 7.14. The van der Waals surface area contributed by atoms with E-state index in [4.69, 9.17) is 0 Å². The third-order valence-corrected chi connectivity index (χ3v) is 5.70. The maximum absolute atomic E-state index is 12.5. The minimum atomic E-state index is -3.80. The molecule has 0 atom stereocenters. The molecule has 0 spiro atoms. The lowest BCUT2D eigenvalue weighted by atomic mass is 10.2. The Kier molecular flexibility index (Phi) is 4.29. The van der Waals surface area contributed by atoms with Crippen molar-refractivity contribution in [3.8, 4) is 0 Å². The second-order valence-electron chi connectivity index (χ2n) is 4.21. The van der Waals surface area contributed by atoms with Gasteiger partial charge in [-0.3, -0.25) is 0 Å². The van der Waals surface area contributed by atoms with Crippen molar-refractivity contribution in [2.45, 2.75) is 18.2 Å². The molecule has 0 bridgehead atoms. The first-order chi connectivity index (χ1) is 9.41. The minimum absolute atomic E-state index is 0.0816. The third-order valence-electron chi connectivity index (χ3n) is 2.73. The van der Waals surface area contributed by atoms with E-state index in [1.165, 1.54) is 12.1 Å². The molecule has 0 saturated carbocycles. The van der Waals surface area contributed by atoms with E-state index in [9.17, 15) is 18.5 Å². The zero-order valence-corrected chi connectivity index (χ0v) is 12.4. The maximum Gasteiger partial charge on any atom is 0.266 e. The van der Waals surface area contributed by atoms with E-state index in [-0.39, 0.29) is 16.6 Å². The molecule has 1 aliphatic rings. The molecule has 108 valence electrons. The molecule has 1 saturated heterocycles. The topological polar surface area (TPSA) is 92.9 Å². The van der Waals surface area contributed by atoms with Crippen molar-refractivity contribution in [1.29, 1.82) is 0 Å². The van der Waals surface area contributed by atoms with Gasteiger partial charge < -0.3 is 0 Å². The average molecular weight is 315 g/mol. The van der Waals surface area contributed by atoms with Crippen LogP contribution in [-0.4, -0.2) is 35.2 Å². The van der Waals surface area contributed by atoms with Crippen LogP contribution >= 0.6 is 11.8 Å². The van der Waals surface area contributed by atoms with Gasteiger partial charge in [-0.2, -0.15) is 0 Å². The fourth-order valence-corrected chi connectivity index (χ4v) is 4.36. The molecule has 2 rings (SSSR count). The van der Waals surface area contributed by atoms with Crippen molar-refractivity contribution < 1.29 is 13.5 Å². The van der Waals surface area contributed by atoms with Gasteiger partial charge in [0.05, 0.1) is 10.00 Å². The number of nitrogens with zero attached hydrogens (tertiary/aromatic N) is 3. The van der Waals surface area contributed by atoms with Crippen molar-refractivity contribution in [2.75, 3.05) is 12.3 Å². The molecule has 1 aromatic rings. The summed E-state index contributed by atoms with van der Waals surface area (Å²) in [4.78, 5) is 10.6. The zero-order valence-electron chi connectivity index (χ0n) is 10.7. The summed E-state index contributed by atoms with van der Waals surface area (Å²) in [5.41, 5.74) is 0.941. The number of hydrogen-bond donors (Lipinski definition) is 0. The number of amidine groups is 1. The van der Waals surface area contributed by atoms with Crippen molar-refractivity contribution in [2.24, 2.45) is 5.10 Å². The van der Waals surface area contributed by atoms with Crippen molar-refractivity contribution in [3.05, 3.63) is 39.9 Å². The molecule has 0 unspecified atom stereocenters. The monoisotopic (exact) mass is 315 g/mol. The molecule has 9 heteroatoms. The van der Waals surface area contributed by atoms with Crippen LogP contribution < -0.4 is 0 Å². The molecule has 1 aromatic carbocycles. The van der Waals surface area contributed by atoms with E-state index in [1.54, 1.807) is 12.1 Å². The van der Waals surface area contributed by atoms with Gasteiger partial charge in [-0.1, -0.05) is 29.5 Å². The van der Waals surface area contributed by atoms with Gasteiger partial charge >= 0.3 is 0 Å². The standard InChI is InChI=1S/C11H13N3O4S2/c1-9-3-5-10(6-4-9)20(17,18)13-7-2-8-19-11(13)12-14(15)16/h3-6H,2,7-8H2,1H3. The quantitative estimate of drug-likeness (QED) is 0.625. The Bertz CT molecular complexity index is 640. The Hall–Kier alpha value is -1.61. The summed E-state index contributed by atoms with van der Waals surface area (Å²) in [5, 5.41) is 12.7. The first kappa shape index (κ1) is 14.8. The summed E-state index contributed by atoms with van der Waals surface area (Å²) < 4.78 is 26.0. The Balaban J connectivity index is 2.40. The molecular formula is C11H13N3O4S2. The lowest BCUT2D eigenvalue weighted by Gasteiger charge is -2.26. The van der Waals surface area contributed by atoms with Gasteiger partial charge in [-0.15, -0.1) is 0 Å². The molecule has 1 fully saturated rings. The Labute approximate surface area is 120 Å². The Morgan fingerprint density at radius 3 is 2.60 bits per heavy atom. The molecule has 0 aromatic heterocycles. The summed E-state index contributed by atoms with van der Waals surface area (Å²) in [6, 6.07) is 6.37. The third kappa shape index (κ3) is 3.10. The molecule has 1 aliphatic heterocycles. The van der Waals surface area contributed by atoms with Gasteiger partial charge in [0.1, 0.15) is 0 Å². The fourth-order valence-electron chi connectivity index (χ4n) is 1.75. The van der Waals surface area contributed by atoms with E-state index < -0.39 is 15.1 Å². The number of hydrazone groups is 1. The number of benzene rings is 1. The van der Waals surface area contributed by atoms with Gasteiger partial charge in [0.15, 0.2) is 5.03 Å². The highest BCUT2D eigenvalue weighted by atomic mass is 32.2. The lowest BCUT2D eigenvalue weighted by molar-refractivity contribution is -0.485. The van der Waals surface area contributed by atoms with E-state index in [0.717, 1.165) is 21.6 Å². The van der Waals surface area contributed by atoms with E-state index in [0.29, 0.717) is 12.2 Å². The highest BCUT2D eigenvalue weighted by Gasteiger charge is 2.32. The van der Waals surface area contributed by atoms with Gasteiger partial charge in [-0.25, -0.2) is 22.8 Å². The molecule has 0 aliphatic carbocycles.